The molecule has 1 saturated carbocycles. The zero-order valence-corrected chi connectivity index (χ0v) is 13.5. The lowest BCUT2D eigenvalue weighted by Crippen LogP contribution is -2.48. The Kier molecular flexibility index (Phi) is 7.72. The highest BCUT2D eigenvalue weighted by atomic mass is 16.5. The molecule has 1 aliphatic carbocycles. The Hall–Kier alpha value is -1.10. The van der Waals surface area contributed by atoms with Crippen LogP contribution in [0.1, 0.15) is 52.4 Å². The van der Waals surface area contributed by atoms with E-state index in [2.05, 4.69) is 13.8 Å². The Morgan fingerprint density at radius 1 is 1.19 bits per heavy atom. The first-order chi connectivity index (χ1) is 10.1. The third-order valence-electron chi connectivity index (χ3n) is 4.60. The largest absolute Gasteiger partial charge is 0.481 e. The average Bonchev–Trinajstić information content (AvgIpc) is 2.50. The van der Waals surface area contributed by atoms with Gasteiger partial charge in [-0.25, -0.2) is 0 Å². The predicted molar refractivity (Wildman–Crippen MR) is 81.0 cm³/mol. The Morgan fingerprint density at radius 3 is 2.24 bits per heavy atom. The van der Waals surface area contributed by atoms with Gasteiger partial charge in [-0.15, -0.1) is 0 Å². The van der Waals surface area contributed by atoms with Crippen LogP contribution in [0.5, 0.6) is 0 Å². The maximum Gasteiger partial charge on any atom is 0.307 e. The van der Waals surface area contributed by atoms with Crippen molar-refractivity contribution in [3.63, 3.8) is 0 Å². The van der Waals surface area contributed by atoms with Crippen LogP contribution in [0.3, 0.4) is 0 Å². The highest BCUT2D eigenvalue weighted by Crippen LogP contribution is 2.32. The first-order valence-electron chi connectivity index (χ1n) is 8.08. The third kappa shape index (κ3) is 4.70. The van der Waals surface area contributed by atoms with Crippen LogP contribution in [0.25, 0.3) is 0 Å². The summed E-state index contributed by atoms with van der Waals surface area (Å²) in [6.45, 7) is 5.17. The van der Waals surface area contributed by atoms with Crippen molar-refractivity contribution in [2.45, 2.75) is 58.4 Å². The van der Waals surface area contributed by atoms with Crippen LogP contribution >= 0.6 is 0 Å². The number of hydrogen-bond acceptors (Lipinski definition) is 3. The van der Waals surface area contributed by atoms with Crippen molar-refractivity contribution in [1.82, 2.24) is 4.90 Å². The van der Waals surface area contributed by atoms with Crippen molar-refractivity contribution in [1.29, 1.82) is 0 Å². The molecule has 1 fully saturated rings. The first kappa shape index (κ1) is 18.0. The van der Waals surface area contributed by atoms with E-state index in [1.807, 2.05) is 4.90 Å². The minimum absolute atomic E-state index is 0.00727. The van der Waals surface area contributed by atoms with Gasteiger partial charge in [0.25, 0.3) is 0 Å². The summed E-state index contributed by atoms with van der Waals surface area (Å²) < 4.78 is 5.11. The van der Waals surface area contributed by atoms with E-state index < -0.39 is 11.9 Å². The van der Waals surface area contributed by atoms with Gasteiger partial charge in [0.15, 0.2) is 0 Å². The molecule has 21 heavy (non-hydrogen) atoms. The summed E-state index contributed by atoms with van der Waals surface area (Å²) in [5.74, 6) is -1.71. The van der Waals surface area contributed by atoms with Gasteiger partial charge >= 0.3 is 5.97 Å². The molecule has 0 saturated heterocycles. The summed E-state index contributed by atoms with van der Waals surface area (Å²) in [7, 11) is 1.62. The van der Waals surface area contributed by atoms with E-state index >= 15 is 0 Å². The quantitative estimate of drug-likeness (QED) is 0.748. The summed E-state index contributed by atoms with van der Waals surface area (Å²) in [6.07, 6.45) is 4.93. The number of carboxylic acids is 1. The molecule has 0 spiro atoms. The lowest BCUT2D eigenvalue weighted by molar-refractivity contribution is -0.153. The van der Waals surface area contributed by atoms with Crippen molar-refractivity contribution in [3.05, 3.63) is 0 Å². The van der Waals surface area contributed by atoms with E-state index in [9.17, 15) is 14.7 Å². The molecule has 1 amide bonds. The molecule has 5 heteroatoms. The van der Waals surface area contributed by atoms with Crippen molar-refractivity contribution in [2.24, 2.45) is 11.8 Å². The number of ether oxygens (including phenoxy) is 1. The highest BCUT2D eigenvalue weighted by Gasteiger charge is 2.38. The smallest absolute Gasteiger partial charge is 0.307 e. The van der Waals surface area contributed by atoms with E-state index in [1.54, 1.807) is 7.11 Å². The lowest BCUT2D eigenvalue weighted by Gasteiger charge is -2.36. The molecule has 0 bridgehead atoms. The molecule has 1 rings (SSSR count). The van der Waals surface area contributed by atoms with Gasteiger partial charge in [0.05, 0.1) is 18.4 Å². The number of aliphatic carboxylic acids is 1. The fourth-order valence-electron chi connectivity index (χ4n) is 3.33. The molecule has 122 valence electrons. The van der Waals surface area contributed by atoms with E-state index in [1.165, 1.54) is 0 Å². The van der Waals surface area contributed by atoms with E-state index in [4.69, 9.17) is 4.74 Å². The summed E-state index contributed by atoms with van der Waals surface area (Å²) in [6, 6.07) is 0.170. The van der Waals surface area contributed by atoms with Gasteiger partial charge in [-0.3, -0.25) is 9.59 Å². The molecule has 0 heterocycles. The lowest BCUT2D eigenvalue weighted by atomic mass is 9.78. The van der Waals surface area contributed by atoms with Gasteiger partial charge in [-0.2, -0.15) is 0 Å². The van der Waals surface area contributed by atoms with Gasteiger partial charge in [-0.1, -0.05) is 26.7 Å². The molecule has 0 aromatic rings. The maximum absolute atomic E-state index is 12.9. The van der Waals surface area contributed by atoms with Crippen molar-refractivity contribution in [2.75, 3.05) is 20.3 Å². The van der Waals surface area contributed by atoms with Crippen LogP contribution < -0.4 is 0 Å². The molecule has 0 aromatic heterocycles. The molecular formula is C16H29NO4. The standard InChI is InChI=1S/C16H29NO4/c1-4-12(5-2)17(10-11-21-3)15(18)13-8-6-7-9-14(13)16(19)20/h12-14H,4-11H2,1-3H3,(H,19,20)/t13-,14+/m1/s1. The third-order valence-corrected chi connectivity index (χ3v) is 4.60. The van der Waals surface area contributed by atoms with Gasteiger partial charge in [0.2, 0.25) is 5.91 Å². The molecule has 0 unspecified atom stereocenters. The highest BCUT2D eigenvalue weighted by molar-refractivity contribution is 5.85. The van der Waals surface area contributed by atoms with Crippen LogP contribution in [0.2, 0.25) is 0 Å². The average molecular weight is 299 g/mol. The topological polar surface area (TPSA) is 66.8 Å². The maximum atomic E-state index is 12.9. The van der Waals surface area contributed by atoms with Crippen LogP contribution in [-0.4, -0.2) is 48.2 Å². The number of amides is 1. The van der Waals surface area contributed by atoms with Gasteiger partial charge < -0.3 is 14.7 Å². The number of methoxy groups -OCH3 is 1. The summed E-state index contributed by atoms with van der Waals surface area (Å²) in [5.41, 5.74) is 0. The molecule has 1 N–H and O–H groups in total. The zero-order valence-electron chi connectivity index (χ0n) is 13.5. The van der Waals surface area contributed by atoms with E-state index in [0.717, 1.165) is 25.7 Å². The number of hydrogen-bond donors (Lipinski definition) is 1. The number of rotatable bonds is 8. The second-order valence-electron chi connectivity index (χ2n) is 5.83. The van der Waals surface area contributed by atoms with Crippen LogP contribution in [0, 0.1) is 11.8 Å². The second-order valence-corrected chi connectivity index (χ2v) is 5.83. The van der Waals surface area contributed by atoms with Crippen molar-refractivity contribution >= 4 is 11.9 Å². The summed E-state index contributed by atoms with van der Waals surface area (Å²) >= 11 is 0. The number of carbonyl (C=O) groups is 2. The van der Waals surface area contributed by atoms with E-state index in [-0.39, 0.29) is 17.9 Å². The number of carboxylic acid groups (broad SMARTS) is 1. The molecular weight excluding hydrogens is 270 g/mol. The Morgan fingerprint density at radius 2 is 1.76 bits per heavy atom. The summed E-state index contributed by atoms with van der Waals surface area (Å²) in [4.78, 5) is 26.2. The number of nitrogens with zero attached hydrogens (tertiary/aromatic N) is 1. The second kappa shape index (κ2) is 9.03. The Bertz CT molecular complexity index is 341. The summed E-state index contributed by atoms with van der Waals surface area (Å²) in [5, 5.41) is 9.37. The van der Waals surface area contributed by atoms with Crippen LogP contribution in [0.4, 0.5) is 0 Å². The number of carbonyl (C=O) groups excluding carboxylic acids is 1. The monoisotopic (exact) mass is 299 g/mol. The molecule has 1 aliphatic rings. The fraction of sp³-hybridized carbons (Fsp3) is 0.875. The Balaban J connectivity index is 2.88. The fourth-order valence-corrected chi connectivity index (χ4v) is 3.33. The van der Waals surface area contributed by atoms with Crippen molar-refractivity contribution < 1.29 is 19.4 Å². The molecule has 0 aromatic carbocycles. The van der Waals surface area contributed by atoms with Gasteiger partial charge in [0, 0.05) is 19.7 Å². The Labute approximate surface area is 127 Å². The van der Waals surface area contributed by atoms with Gasteiger partial charge in [0.1, 0.15) is 0 Å². The molecule has 0 aliphatic heterocycles. The molecule has 5 nitrogen and oxygen atoms in total. The van der Waals surface area contributed by atoms with Crippen LogP contribution in [-0.2, 0) is 14.3 Å². The predicted octanol–water partition coefficient (Wildman–Crippen LogP) is 2.54. The normalized spacial score (nSPS) is 22.3. The van der Waals surface area contributed by atoms with Gasteiger partial charge in [-0.05, 0) is 25.7 Å². The minimum Gasteiger partial charge on any atom is -0.481 e. The molecule has 0 radical (unpaired) electrons. The SMILES string of the molecule is CCC(CC)N(CCOC)C(=O)[C@@H]1CCCC[C@@H]1C(=O)O. The minimum atomic E-state index is -0.829. The molecule has 2 atom stereocenters. The zero-order chi connectivity index (χ0) is 15.8. The van der Waals surface area contributed by atoms with Crippen molar-refractivity contribution in [3.8, 4) is 0 Å². The first-order valence-corrected chi connectivity index (χ1v) is 8.08. The van der Waals surface area contributed by atoms with E-state index in [0.29, 0.717) is 26.0 Å². The van der Waals surface area contributed by atoms with Crippen LogP contribution in [0.15, 0.2) is 0 Å².